The molecule has 0 bridgehead atoms. The maximum atomic E-state index is 13.9. The van der Waals surface area contributed by atoms with Crippen molar-refractivity contribution in [1.29, 1.82) is 0 Å². The molecule has 8 heteroatoms. The smallest absolute Gasteiger partial charge is 0.137 e. The van der Waals surface area contributed by atoms with Crippen LogP contribution in [0.25, 0.3) is 16.3 Å². The molecular weight excluding hydrogens is 429 g/mol. The van der Waals surface area contributed by atoms with E-state index in [2.05, 4.69) is 10.1 Å². The first-order chi connectivity index (χ1) is 14.0. The first kappa shape index (κ1) is 19.9. The lowest BCUT2D eigenvalue weighted by atomic mass is 10.2. The van der Waals surface area contributed by atoms with Gasteiger partial charge in [-0.25, -0.2) is 14.1 Å². The Morgan fingerprint density at radius 1 is 1.10 bits per heavy atom. The monoisotopic (exact) mass is 445 g/mol. The molecule has 148 valence electrons. The van der Waals surface area contributed by atoms with E-state index >= 15 is 0 Å². The van der Waals surface area contributed by atoms with Gasteiger partial charge >= 0.3 is 0 Å². The van der Waals surface area contributed by atoms with E-state index in [9.17, 15) is 8.60 Å². The third-order valence-electron chi connectivity index (χ3n) is 4.39. The number of aromatic nitrogens is 3. The highest BCUT2D eigenvalue weighted by molar-refractivity contribution is 7.83. The van der Waals surface area contributed by atoms with Gasteiger partial charge in [0.15, 0.2) is 0 Å². The van der Waals surface area contributed by atoms with Crippen molar-refractivity contribution in [3.63, 3.8) is 0 Å². The number of aryl methyl sites for hydroxylation is 1. The van der Waals surface area contributed by atoms with Crippen molar-refractivity contribution < 1.29 is 8.60 Å². The molecule has 1 atom stereocenters. The van der Waals surface area contributed by atoms with E-state index in [1.807, 2.05) is 42.6 Å². The highest BCUT2D eigenvalue weighted by atomic mass is 35.5. The molecule has 2 aromatic carbocycles. The fourth-order valence-corrected chi connectivity index (χ4v) is 5.56. The Morgan fingerprint density at radius 3 is 2.59 bits per heavy atom. The van der Waals surface area contributed by atoms with Crippen molar-refractivity contribution in [2.45, 2.75) is 18.4 Å². The summed E-state index contributed by atoms with van der Waals surface area (Å²) in [6.45, 7) is 1.86. The second kappa shape index (κ2) is 8.57. The Balaban J connectivity index is 1.50. The lowest BCUT2D eigenvalue weighted by molar-refractivity contribution is 0.631. The Hall–Kier alpha value is -2.35. The molecule has 0 radical (unpaired) electrons. The van der Waals surface area contributed by atoms with Crippen LogP contribution in [0.2, 0.25) is 5.15 Å². The average molecular weight is 446 g/mol. The summed E-state index contributed by atoms with van der Waals surface area (Å²) < 4.78 is 28.4. The number of benzene rings is 2. The van der Waals surface area contributed by atoms with Gasteiger partial charge in [-0.1, -0.05) is 41.9 Å². The molecule has 4 nitrogen and oxygen atoms in total. The van der Waals surface area contributed by atoms with Gasteiger partial charge in [0.25, 0.3) is 0 Å². The molecule has 2 heterocycles. The summed E-state index contributed by atoms with van der Waals surface area (Å²) in [5.41, 5.74) is 3.50. The van der Waals surface area contributed by atoms with Gasteiger partial charge in [0.1, 0.15) is 16.0 Å². The van der Waals surface area contributed by atoms with Gasteiger partial charge in [0.2, 0.25) is 0 Å². The molecule has 0 fully saturated rings. The van der Waals surface area contributed by atoms with Crippen molar-refractivity contribution >= 4 is 33.7 Å². The maximum absolute atomic E-state index is 13.9. The standard InChI is InChI=1S/C21H17ClFN3OS2/c1-14-18(20(22)26(25-14)16-7-3-2-4-8-16)13-29(27)12-15-11-28-21(24-15)17-9-5-6-10-19(17)23/h2-11H,12-13H2,1H3/t29-/m1/s1. The van der Waals surface area contributed by atoms with Crippen LogP contribution in [0.4, 0.5) is 4.39 Å². The van der Waals surface area contributed by atoms with Crippen molar-refractivity contribution in [3.05, 3.63) is 87.9 Å². The summed E-state index contributed by atoms with van der Waals surface area (Å²) in [5, 5.41) is 7.36. The number of nitrogens with zero attached hydrogens (tertiary/aromatic N) is 3. The van der Waals surface area contributed by atoms with Crippen molar-refractivity contribution in [2.75, 3.05) is 0 Å². The Morgan fingerprint density at radius 2 is 1.83 bits per heavy atom. The van der Waals surface area contributed by atoms with Crippen LogP contribution in [0, 0.1) is 12.7 Å². The Labute approximate surface area is 179 Å². The van der Waals surface area contributed by atoms with Gasteiger partial charge in [-0.3, -0.25) is 4.21 Å². The van der Waals surface area contributed by atoms with Gasteiger partial charge in [-0.15, -0.1) is 11.3 Å². The maximum Gasteiger partial charge on any atom is 0.137 e. The van der Waals surface area contributed by atoms with E-state index < -0.39 is 10.8 Å². The molecule has 29 heavy (non-hydrogen) atoms. The van der Waals surface area contributed by atoms with E-state index in [4.69, 9.17) is 11.6 Å². The van der Waals surface area contributed by atoms with Gasteiger partial charge in [-0.05, 0) is 31.2 Å². The van der Waals surface area contributed by atoms with Crippen molar-refractivity contribution in [3.8, 4) is 16.3 Å². The molecule has 0 aliphatic heterocycles. The largest absolute Gasteiger partial charge is 0.259 e. The van der Waals surface area contributed by atoms with Gasteiger partial charge in [-0.2, -0.15) is 5.10 Å². The highest BCUT2D eigenvalue weighted by Gasteiger charge is 2.18. The van der Waals surface area contributed by atoms with E-state index in [-0.39, 0.29) is 17.3 Å². The summed E-state index contributed by atoms with van der Waals surface area (Å²) in [5.74, 6) is 0.242. The topological polar surface area (TPSA) is 47.8 Å². The van der Waals surface area contributed by atoms with E-state index in [1.165, 1.54) is 17.4 Å². The van der Waals surface area contributed by atoms with Crippen LogP contribution in [-0.2, 0) is 22.3 Å². The second-order valence-corrected chi connectivity index (χ2v) is 9.13. The van der Waals surface area contributed by atoms with Crippen molar-refractivity contribution in [2.24, 2.45) is 0 Å². The molecule has 2 aromatic heterocycles. The molecule has 0 saturated heterocycles. The van der Waals surface area contributed by atoms with Crippen LogP contribution in [0.15, 0.2) is 60.0 Å². The van der Waals surface area contributed by atoms with E-state index in [0.717, 1.165) is 16.9 Å². The number of hydrogen-bond acceptors (Lipinski definition) is 4. The van der Waals surface area contributed by atoms with Gasteiger partial charge < -0.3 is 0 Å². The zero-order valence-electron chi connectivity index (χ0n) is 15.5. The lowest BCUT2D eigenvalue weighted by Crippen LogP contribution is -2.01. The second-order valence-electron chi connectivity index (χ2n) is 6.45. The highest BCUT2D eigenvalue weighted by Crippen LogP contribution is 2.28. The number of rotatable bonds is 6. The summed E-state index contributed by atoms with van der Waals surface area (Å²) in [6, 6.07) is 16.1. The molecule has 4 rings (SSSR count). The fourth-order valence-electron chi connectivity index (χ4n) is 2.94. The minimum absolute atomic E-state index is 0.275. The predicted octanol–water partition coefficient (Wildman–Crippen LogP) is 5.55. The molecule has 0 unspecified atom stereocenters. The van der Waals surface area contributed by atoms with Gasteiger partial charge in [0, 0.05) is 27.3 Å². The summed E-state index contributed by atoms with van der Waals surface area (Å²) in [7, 11) is -1.22. The molecule has 0 aliphatic carbocycles. The summed E-state index contributed by atoms with van der Waals surface area (Å²) >= 11 is 7.87. The fraction of sp³-hybridized carbons (Fsp3) is 0.143. The summed E-state index contributed by atoms with van der Waals surface area (Å²) in [6.07, 6.45) is 0. The van der Waals surface area contributed by atoms with Crippen LogP contribution in [0.3, 0.4) is 0 Å². The Kier molecular flexibility index (Phi) is 5.89. The zero-order valence-corrected chi connectivity index (χ0v) is 17.9. The third-order valence-corrected chi connectivity index (χ3v) is 6.93. The minimum atomic E-state index is -1.22. The molecule has 0 N–H and O–H groups in total. The average Bonchev–Trinajstić information content (AvgIpc) is 3.29. The van der Waals surface area contributed by atoms with Gasteiger partial charge in [0.05, 0.1) is 28.6 Å². The molecule has 0 spiro atoms. The quantitative estimate of drug-likeness (QED) is 0.391. The molecule has 0 aliphatic rings. The van der Waals surface area contributed by atoms with Crippen LogP contribution < -0.4 is 0 Å². The third kappa shape index (κ3) is 4.32. The SMILES string of the molecule is Cc1nn(-c2ccccc2)c(Cl)c1C[S@](=O)Cc1csc(-c2ccccc2F)n1. The number of hydrogen-bond donors (Lipinski definition) is 0. The van der Waals surface area contributed by atoms with Crippen molar-refractivity contribution in [1.82, 2.24) is 14.8 Å². The van der Waals surface area contributed by atoms with Crippen LogP contribution >= 0.6 is 22.9 Å². The van der Waals surface area contributed by atoms with Crippen LogP contribution in [-0.4, -0.2) is 19.0 Å². The molecule has 0 saturated carbocycles. The van der Waals surface area contributed by atoms with E-state index in [1.54, 1.807) is 22.9 Å². The van der Waals surface area contributed by atoms with Crippen LogP contribution in [0.1, 0.15) is 17.0 Å². The number of halogens is 2. The van der Waals surface area contributed by atoms with Crippen LogP contribution in [0.5, 0.6) is 0 Å². The lowest BCUT2D eigenvalue weighted by Gasteiger charge is -2.03. The van der Waals surface area contributed by atoms with E-state index in [0.29, 0.717) is 21.4 Å². The summed E-state index contributed by atoms with van der Waals surface area (Å²) in [4.78, 5) is 4.45. The first-order valence-electron chi connectivity index (χ1n) is 8.86. The molecule has 4 aromatic rings. The molecule has 0 amide bonds. The molecular formula is C21H17ClFN3OS2. The minimum Gasteiger partial charge on any atom is -0.259 e. The number of thiazole rings is 1. The zero-order chi connectivity index (χ0) is 20.4. The Bertz CT molecular complexity index is 1170. The first-order valence-corrected chi connectivity index (χ1v) is 11.6. The normalized spacial score (nSPS) is 12.2. The number of para-hydroxylation sites is 1. The predicted molar refractivity (Wildman–Crippen MR) is 116 cm³/mol.